The minimum absolute atomic E-state index is 0.232. The summed E-state index contributed by atoms with van der Waals surface area (Å²) in [5, 5.41) is 0. The Balaban J connectivity index is 1.36. The molecule has 1 amide bonds. The second-order valence-electron chi connectivity index (χ2n) is 6.50. The first-order chi connectivity index (χ1) is 12.8. The van der Waals surface area contributed by atoms with Gasteiger partial charge in [0.2, 0.25) is 5.91 Å². The molecule has 1 aromatic rings. The van der Waals surface area contributed by atoms with E-state index in [1.165, 1.54) is 0 Å². The Morgan fingerprint density at radius 2 is 2.00 bits per heavy atom. The minimum Gasteiger partial charge on any atom is -0.486 e. The summed E-state index contributed by atoms with van der Waals surface area (Å²) in [4.78, 5) is 15.5. The van der Waals surface area contributed by atoms with Gasteiger partial charge in [-0.25, -0.2) is 0 Å². The van der Waals surface area contributed by atoms with Gasteiger partial charge < -0.3 is 24.8 Å². The van der Waals surface area contributed by atoms with E-state index in [1.54, 1.807) is 11.8 Å². The number of hydrogen-bond acceptors (Lipinski definition) is 6. The second-order valence-corrected chi connectivity index (χ2v) is 7.67. The molecule has 26 heavy (non-hydrogen) atoms. The third-order valence-corrected chi connectivity index (χ3v) is 5.59. The average molecular weight is 381 g/mol. The van der Waals surface area contributed by atoms with Crippen molar-refractivity contribution in [3.63, 3.8) is 0 Å². The summed E-state index contributed by atoms with van der Waals surface area (Å²) in [7, 11) is 0. The van der Waals surface area contributed by atoms with Gasteiger partial charge in [0, 0.05) is 36.8 Å². The number of hydrogen-bond donors (Lipinski definition) is 1. The molecule has 0 spiro atoms. The van der Waals surface area contributed by atoms with Crippen LogP contribution in [0.1, 0.15) is 25.7 Å². The first kappa shape index (κ1) is 19.3. The molecule has 0 bridgehead atoms. The molecule has 7 heteroatoms. The number of likely N-dealkylation sites (tertiary alicyclic amines) is 1. The van der Waals surface area contributed by atoms with Crippen LogP contribution in [0.3, 0.4) is 0 Å². The molecule has 2 N–H and O–H groups in total. The predicted octanol–water partition coefficient (Wildman–Crippen LogP) is 2.30. The van der Waals surface area contributed by atoms with E-state index < -0.39 is 0 Å². The van der Waals surface area contributed by atoms with Gasteiger partial charge in [-0.3, -0.25) is 4.79 Å². The van der Waals surface area contributed by atoms with E-state index in [1.807, 2.05) is 23.1 Å². The first-order valence-corrected chi connectivity index (χ1v) is 10.4. The average Bonchev–Trinajstić information content (AvgIpc) is 2.68. The van der Waals surface area contributed by atoms with Crippen molar-refractivity contribution in [2.75, 3.05) is 45.2 Å². The van der Waals surface area contributed by atoms with E-state index in [0.717, 1.165) is 61.1 Å². The molecule has 2 aliphatic heterocycles. The van der Waals surface area contributed by atoms with Crippen LogP contribution in [0.25, 0.3) is 0 Å². The lowest BCUT2D eigenvalue weighted by molar-refractivity contribution is -0.133. The van der Waals surface area contributed by atoms with Gasteiger partial charge in [0.05, 0.1) is 6.10 Å². The van der Waals surface area contributed by atoms with Crippen LogP contribution < -0.4 is 15.2 Å². The van der Waals surface area contributed by atoms with E-state index in [2.05, 4.69) is 0 Å². The third kappa shape index (κ3) is 5.53. The lowest BCUT2D eigenvalue weighted by Gasteiger charge is -2.32. The molecule has 6 nitrogen and oxygen atoms in total. The van der Waals surface area contributed by atoms with E-state index in [9.17, 15) is 4.79 Å². The quantitative estimate of drug-likeness (QED) is 0.551. The number of ether oxygens (including phenoxy) is 3. The lowest BCUT2D eigenvalue weighted by atomic mass is 10.1. The van der Waals surface area contributed by atoms with Gasteiger partial charge in [-0.1, -0.05) is 0 Å². The molecule has 0 aromatic heterocycles. The van der Waals surface area contributed by atoms with Crippen molar-refractivity contribution in [1.29, 1.82) is 0 Å². The molecule has 0 atom stereocenters. The number of piperidine rings is 1. The summed E-state index contributed by atoms with van der Waals surface area (Å²) in [5.41, 5.74) is 5.48. The van der Waals surface area contributed by atoms with Gasteiger partial charge >= 0.3 is 0 Å². The number of rotatable bonds is 8. The fourth-order valence-corrected chi connectivity index (χ4v) is 4.00. The van der Waals surface area contributed by atoms with Gasteiger partial charge in [-0.2, -0.15) is 0 Å². The number of fused-ring (bicyclic) bond motifs is 1. The minimum atomic E-state index is 0.232. The molecular weight excluding hydrogens is 352 g/mol. The van der Waals surface area contributed by atoms with E-state index >= 15 is 0 Å². The Morgan fingerprint density at radius 3 is 2.77 bits per heavy atom. The molecule has 1 fully saturated rings. The van der Waals surface area contributed by atoms with Crippen molar-refractivity contribution >= 4 is 17.7 Å². The van der Waals surface area contributed by atoms with E-state index in [0.29, 0.717) is 26.2 Å². The van der Waals surface area contributed by atoms with Gasteiger partial charge in [0.25, 0.3) is 0 Å². The van der Waals surface area contributed by atoms with Crippen molar-refractivity contribution in [3.8, 4) is 11.5 Å². The number of carbonyl (C=O) groups is 1. The van der Waals surface area contributed by atoms with Crippen LogP contribution >= 0.6 is 11.8 Å². The summed E-state index contributed by atoms with van der Waals surface area (Å²) < 4.78 is 16.9. The third-order valence-electron chi connectivity index (χ3n) is 4.60. The SMILES string of the molecule is NCCCOC1CCN(C(=O)CCSc2ccc3c(c2)OCCO3)CC1. The maximum atomic E-state index is 12.4. The van der Waals surface area contributed by atoms with Crippen LogP contribution in [-0.4, -0.2) is 62.1 Å². The van der Waals surface area contributed by atoms with Crippen LogP contribution in [-0.2, 0) is 9.53 Å². The van der Waals surface area contributed by atoms with Crippen LogP contribution in [0.5, 0.6) is 11.5 Å². The Hall–Kier alpha value is -1.44. The van der Waals surface area contributed by atoms with Crippen LogP contribution in [0, 0.1) is 0 Å². The maximum Gasteiger partial charge on any atom is 0.223 e. The van der Waals surface area contributed by atoms with Gasteiger partial charge in [-0.15, -0.1) is 11.8 Å². The zero-order valence-corrected chi connectivity index (χ0v) is 16.0. The lowest BCUT2D eigenvalue weighted by Crippen LogP contribution is -2.41. The van der Waals surface area contributed by atoms with Gasteiger partial charge in [0.1, 0.15) is 13.2 Å². The highest BCUT2D eigenvalue weighted by Crippen LogP contribution is 2.34. The highest BCUT2D eigenvalue weighted by atomic mass is 32.2. The van der Waals surface area contributed by atoms with Crippen molar-refractivity contribution in [2.45, 2.75) is 36.7 Å². The molecule has 0 saturated carbocycles. The summed E-state index contributed by atoms with van der Waals surface area (Å²) in [5.74, 6) is 2.60. The van der Waals surface area contributed by atoms with Crippen LogP contribution in [0.2, 0.25) is 0 Å². The summed E-state index contributed by atoms with van der Waals surface area (Å²) in [6.07, 6.45) is 3.57. The molecular formula is C19H28N2O4S. The van der Waals surface area contributed by atoms with Gasteiger partial charge in [-0.05, 0) is 44.0 Å². The molecule has 1 aromatic carbocycles. The number of carbonyl (C=O) groups excluding carboxylic acids is 1. The highest BCUT2D eigenvalue weighted by Gasteiger charge is 2.22. The standard InChI is InChI=1S/C19H28N2O4S/c20-7-1-10-23-15-4-8-21(9-5-15)19(22)6-13-26-16-2-3-17-18(14-16)25-12-11-24-17/h2-3,14-15H,1,4-13,20H2. The monoisotopic (exact) mass is 380 g/mol. The number of nitrogens with two attached hydrogens (primary N) is 1. The predicted molar refractivity (Wildman–Crippen MR) is 102 cm³/mol. The molecule has 2 heterocycles. The molecule has 0 unspecified atom stereocenters. The zero-order chi connectivity index (χ0) is 18.2. The molecule has 0 radical (unpaired) electrons. The summed E-state index contributed by atoms with van der Waals surface area (Å²) in [6.45, 7) is 4.16. The fraction of sp³-hybridized carbons (Fsp3) is 0.632. The highest BCUT2D eigenvalue weighted by molar-refractivity contribution is 7.99. The van der Waals surface area contributed by atoms with Crippen LogP contribution in [0.15, 0.2) is 23.1 Å². The second kappa shape index (κ2) is 10.0. The Bertz CT molecular complexity index is 591. The van der Waals surface area contributed by atoms with Gasteiger partial charge in [0.15, 0.2) is 11.5 Å². The number of nitrogens with zero attached hydrogens (tertiary/aromatic N) is 1. The van der Waals surface area contributed by atoms with Crippen molar-refractivity contribution < 1.29 is 19.0 Å². The van der Waals surface area contributed by atoms with Crippen molar-refractivity contribution in [1.82, 2.24) is 4.90 Å². The molecule has 1 saturated heterocycles. The maximum absolute atomic E-state index is 12.4. The zero-order valence-electron chi connectivity index (χ0n) is 15.2. The molecule has 3 rings (SSSR count). The van der Waals surface area contributed by atoms with E-state index in [-0.39, 0.29) is 12.0 Å². The molecule has 144 valence electrons. The number of thioether (sulfide) groups is 1. The Kier molecular flexibility index (Phi) is 7.46. The van der Waals surface area contributed by atoms with Crippen LogP contribution in [0.4, 0.5) is 0 Å². The summed E-state index contributed by atoms with van der Waals surface area (Å²) in [6, 6.07) is 5.95. The largest absolute Gasteiger partial charge is 0.486 e. The fourth-order valence-electron chi connectivity index (χ4n) is 3.13. The normalized spacial score (nSPS) is 17.3. The van der Waals surface area contributed by atoms with Crippen molar-refractivity contribution in [3.05, 3.63) is 18.2 Å². The first-order valence-electron chi connectivity index (χ1n) is 9.38. The molecule has 2 aliphatic rings. The van der Waals surface area contributed by atoms with Crippen molar-refractivity contribution in [2.24, 2.45) is 5.73 Å². The number of amides is 1. The summed E-state index contributed by atoms with van der Waals surface area (Å²) >= 11 is 1.68. The van der Waals surface area contributed by atoms with E-state index in [4.69, 9.17) is 19.9 Å². The Morgan fingerprint density at radius 1 is 1.23 bits per heavy atom. The topological polar surface area (TPSA) is 74.0 Å². The smallest absolute Gasteiger partial charge is 0.223 e. The Labute approximate surface area is 159 Å². The number of benzene rings is 1. The molecule has 0 aliphatic carbocycles.